The molecule has 0 unspecified atom stereocenters. The lowest BCUT2D eigenvalue weighted by atomic mass is 10.0. The van der Waals surface area contributed by atoms with E-state index in [9.17, 15) is 13.2 Å². The van der Waals surface area contributed by atoms with Crippen LogP contribution in [0.25, 0.3) is 0 Å². The average molecular weight is 262 g/mol. The van der Waals surface area contributed by atoms with Gasteiger partial charge in [-0.2, -0.15) is 13.2 Å². The van der Waals surface area contributed by atoms with Gasteiger partial charge < -0.3 is 16.2 Å². The fourth-order valence-corrected chi connectivity index (χ4v) is 1.55. The summed E-state index contributed by atoms with van der Waals surface area (Å²) in [5.74, 6) is 0.00800. The van der Waals surface area contributed by atoms with Crippen LogP contribution in [0.15, 0.2) is 18.2 Å². The molecule has 102 valence electrons. The van der Waals surface area contributed by atoms with E-state index in [2.05, 4.69) is 5.32 Å². The van der Waals surface area contributed by atoms with Crippen molar-refractivity contribution in [3.63, 3.8) is 0 Å². The Labute approximate surface area is 104 Å². The second-order valence-electron chi connectivity index (χ2n) is 4.48. The van der Waals surface area contributed by atoms with Crippen molar-refractivity contribution >= 4 is 11.4 Å². The van der Waals surface area contributed by atoms with Crippen LogP contribution in [0.4, 0.5) is 24.5 Å². The number of rotatable bonds is 4. The van der Waals surface area contributed by atoms with Crippen LogP contribution in [0.1, 0.15) is 19.4 Å². The zero-order chi connectivity index (χ0) is 13.9. The van der Waals surface area contributed by atoms with E-state index < -0.39 is 17.8 Å². The second-order valence-corrected chi connectivity index (χ2v) is 4.48. The van der Waals surface area contributed by atoms with Gasteiger partial charge in [0.25, 0.3) is 0 Å². The van der Waals surface area contributed by atoms with Crippen LogP contribution in [0.5, 0.6) is 0 Å². The minimum Gasteiger partial charge on any atom is -0.399 e. The summed E-state index contributed by atoms with van der Waals surface area (Å²) in [7, 11) is 0. The third-order valence-corrected chi connectivity index (χ3v) is 2.69. The zero-order valence-electron chi connectivity index (χ0n) is 10.3. The van der Waals surface area contributed by atoms with E-state index in [1.807, 2.05) is 13.8 Å². The fourth-order valence-electron chi connectivity index (χ4n) is 1.55. The molecule has 0 bridgehead atoms. The molecule has 0 aliphatic carbocycles. The number of nitrogens with one attached hydrogen (secondary N) is 1. The Morgan fingerprint density at radius 1 is 1.33 bits per heavy atom. The molecule has 0 heterocycles. The van der Waals surface area contributed by atoms with Gasteiger partial charge in [-0.3, -0.25) is 0 Å². The van der Waals surface area contributed by atoms with Gasteiger partial charge in [-0.1, -0.05) is 13.8 Å². The molecule has 0 radical (unpaired) electrons. The SMILES string of the molecule is CC(C)[C@@H](CO)Nc1ccc(N)cc1C(F)(F)F. The highest BCUT2D eigenvalue weighted by atomic mass is 19.4. The van der Waals surface area contributed by atoms with Crippen molar-refractivity contribution in [1.29, 1.82) is 0 Å². The van der Waals surface area contributed by atoms with Crippen molar-refractivity contribution in [2.45, 2.75) is 26.1 Å². The summed E-state index contributed by atoms with van der Waals surface area (Å²) in [6.07, 6.45) is -4.48. The second kappa shape index (κ2) is 5.48. The minimum absolute atomic E-state index is 0.00800. The van der Waals surface area contributed by atoms with Gasteiger partial charge in [0, 0.05) is 11.4 Å². The normalized spacial score (nSPS) is 13.7. The van der Waals surface area contributed by atoms with Crippen LogP contribution >= 0.6 is 0 Å². The first-order valence-corrected chi connectivity index (χ1v) is 5.59. The Balaban J connectivity index is 3.09. The van der Waals surface area contributed by atoms with E-state index in [4.69, 9.17) is 10.8 Å². The van der Waals surface area contributed by atoms with Crippen LogP contribution in [-0.4, -0.2) is 17.8 Å². The van der Waals surface area contributed by atoms with Gasteiger partial charge in [0.2, 0.25) is 0 Å². The Kier molecular flexibility index (Phi) is 4.45. The van der Waals surface area contributed by atoms with Gasteiger partial charge in [-0.25, -0.2) is 0 Å². The van der Waals surface area contributed by atoms with Gasteiger partial charge in [0.15, 0.2) is 0 Å². The van der Waals surface area contributed by atoms with Crippen LogP contribution in [0, 0.1) is 5.92 Å². The van der Waals surface area contributed by atoms with E-state index >= 15 is 0 Å². The van der Waals surface area contributed by atoms with Crippen LogP contribution in [-0.2, 0) is 6.18 Å². The molecule has 0 aliphatic rings. The number of nitrogen functional groups attached to an aromatic ring is 1. The van der Waals surface area contributed by atoms with E-state index in [0.29, 0.717) is 0 Å². The number of nitrogens with two attached hydrogens (primary N) is 1. The van der Waals surface area contributed by atoms with E-state index in [1.165, 1.54) is 12.1 Å². The average Bonchev–Trinajstić information content (AvgIpc) is 2.25. The highest BCUT2D eigenvalue weighted by molar-refractivity contribution is 5.59. The monoisotopic (exact) mass is 262 g/mol. The largest absolute Gasteiger partial charge is 0.418 e. The molecule has 1 aromatic carbocycles. The summed E-state index contributed by atoms with van der Waals surface area (Å²) >= 11 is 0. The molecule has 4 N–H and O–H groups in total. The molecule has 0 saturated heterocycles. The Morgan fingerprint density at radius 3 is 2.39 bits per heavy atom. The molecule has 0 aliphatic heterocycles. The molecule has 18 heavy (non-hydrogen) atoms. The number of halogens is 3. The molecule has 0 aromatic heterocycles. The first kappa shape index (κ1) is 14.6. The van der Waals surface area contributed by atoms with Gasteiger partial charge in [-0.05, 0) is 24.1 Å². The third-order valence-electron chi connectivity index (χ3n) is 2.69. The summed E-state index contributed by atoms with van der Waals surface area (Å²) in [6.45, 7) is 3.40. The van der Waals surface area contributed by atoms with E-state index in [-0.39, 0.29) is 23.9 Å². The number of aliphatic hydroxyl groups excluding tert-OH is 1. The number of alkyl halides is 3. The van der Waals surface area contributed by atoms with Gasteiger partial charge >= 0.3 is 6.18 Å². The van der Waals surface area contributed by atoms with Crippen LogP contribution < -0.4 is 11.1 Å². The van der Waals surface area contributed by atoms with Gasteiger partial charge in [0.1, 0.15) is 0 Å². The lowest BCUT2D eigenvalue weighted by molar-refractivity contribution is -0.136. The molecular weight excluding hydrogens is 245 g/mol. The Hall–Kier alpha value is -1.43. The maximum absolute atomic E-state index is 12.8. The lowest BCUT2D eigenvalue weighted by Crippen LogP contribution is -2.30. The van der Waals surface area contributed by atoms with Crippen molar-refractivity contribution in [2.24, 2.45) is 5.92 Å². The highest BCUT2D eigenvalue weighted by Gasteiger charge is 2.34. The zero-order valence-corrected chi connectivity index (χ0v) is 10.3. The number of anilines is 2. The molecule has 6 heteroatoms. The minimum atomic E-state index is -4.48. The molecule has 0 fully saturated rings. The Morgan fingerprint density at radius 2 is 1.94 bits per heavy atom. The first-order chi connectivity index (χ1) is 8.25. The Bertz CT molecular complexity index is 405. The maximum Gasteiger partial charge on any atom is 0.418 e. The maximum atomic E-state index is 12.8. The van der Waals surface area contributed by atoms with Crippen molar-refractivity contribution in [3.05, 3.63) is 23.8 Å². The third kappa shape index (κ3) is 3.53. The van der Waals surface area contributed by atoms with E-state index in [1.54, 1.807) is 0 Å². The molecule has 1 atom stereocenters. The van der Waals surface area contributed by atoms with Crippen molar-refractivity contribution in [2.75, 3.05) is 17.7 Å². The number of aliphatic hydroxyl groups is 1. The molecule has 0 saturated carbocycles. The van der Waals surface area contributed by atoms with Gasteiger partial charge in [-0.15, -0.1) is 0 Å². The van der Waals surface area contributed by atoms with Crippen LogP contribution in [0.2, 0.25) is 0 Å². The molecule has 0 spiro atoms. The van der Waals surface area contributed by atoms with Crippen molar-refractivity contribution in [1.82, 2.24) is 0 Å². The predicted molar refractivity (Wildman–Crippen MR) is 65.2 cm³/mol. The molecule has 0 amide bonds. The summed E-state index contributed by atoms with van der Waals surface area (Å²) < 4.78 is 38.5. The summed E-state index contributed by atoms with van der Waals surface area (Å²) in [5, 5.41) is 11.8. The number of hydrogen-bond donors (Lipinski definition) is 3. The lowest BCUT2D eigenvalue weighted by Gasteiger charge is -2.23. The standard InChI is InChI=1S/C12H17F3N2O/c1-7(2)11(6-18)17-10-4-3-8(16)5-9(10)12(13,14)15/h3-5,7,11,17-18H,6,16H2,1-2H3/t11-/m1/s1. The quantitative estimate of drug-likeness (QED) is 0.731. The predicted octanol–water partition coefficient (Wildman–Crippen LogP) is 2.72. The topological polar surface area (TPSA) is 58.3 Å². The smallest absolute Gasteiger partial charge is 0.399 e. The molecule has 1 aromatic rings. The van der Waals surface area contributed by atoms with Crippen molar-refractivity contribution < 1.29 is 18.3 Å². The van der Waals surface area contributed by atoms with Gasteiger partial charge in [0.05, 0.1) is 18.2 Å². The summed E-state index contributed by atoms with van der Waals surface area (Å²) in [5.41, 5.74) is 4.54. The number of benzene rings is 1. The summed E-state index contributed by atoms with van der Waals surface area (Å²) in [4.78, 5) is 0. The summed E-state index contributed by atoms with van der Waals surface area (Å²) in [6, 6.07) is 3.13. The van der Waals surface area contributed by atoms with E-state index in [0.717, 1.165) is 6.07 Å². The first-order valence-electron chi connectivity index (χ1n) is 5.59. The molecule has 3 nitrogen and oxygen atoms in total. The fraction of sp³-hybridized carbons (Fsp3) is 0.500. The molecule has 1 rings (SSSR count). The highest BCUT2D eigenvalue weighted by Crippen LogP contribution is 2.36. The number of hydrogen-bond acceptors (Lipinski definition) is 3. The molecular formula is C12H17F3N2O. The van der Waals surface area contributed by atoms with Crippen molar-refractivity contribution in [3.8, 4) is 0 Å². The van der Waals surface area contributed by atoms with Crippen LogP contribution in [0.3, 0.4) is 0 Å².